The van der Waals surface area contributed by atoms with E-state index in [9.17, 15) is 0 Å². The summed E-state index contributed by atoms with van der Waals surface area (Å²) in [5, 5.41) is 2.37. The molecular weight excluding hydrogens is 242 g/mol. The maximum atomic E-state index is 5.70. The van der Waals surface area contributed by atoms with Gasteiger partial charge in [-0.25, -0.2) is 15.0 Å². The number of rotatable bonds is 3. The summed E-state index contributed by atoms with van der Waals surface area (Å²) in [6.07, 6.45) is 5.56. The van der Waals surface area contributed by atoms with Gasteiger partial charge in [-0.15, -0.1) is 0 Å². The predicted octanol–water partition coefficient (Wildman–Crippen LogP) is 1.67. The van der Waals surface area contributed by atoms with Crippen molar-refractivity contribution in [2.24, 2.45) is 7.05 Å². The van der Waals surface area contributed by atoms with E-state index in [4.69, 9.17) is 5.73 Å². The maximum Gasteiger partial charge on any atom is 0.190 e. The van der Waals surface area contributed by atoms with Crippen LogP contribution in [0.5, 0.6) is 0 Å². The molecule has 0 saturated heterocycles. The van der Waals surface area contributed by atoms with E-state index >= 15 is 0 Å². The number of nitrogen functional groups attached to an aromatic ring is 1. The first kappa shape index (κ1) is 11.3. The van der Waals surface area contributed by atoms with E-state index in [0.717, 1.165) is 10.2 Å². The van der Waals surface area contributed by atoms with E-state index in [2.05, 4.69) is 15.0 Å². The molecule has 5 nitrogen and oxygen atoms in total. The lowest BCUT2D eigenvalue weighted by atomic mass is 10.6. The Morgan fingerprint density at radius 1 is 1.38 bits per heavy atom. The molecule has 7 heteroatoms. The zero-order valence-corrected chi connectivity index (χ0v) is 10.5. The Labute approximate surface area is 102 Å². The van der Waals surface area contributed by atoms with Crippen LogP contribution >= 0.6 is 23.5 Å². The predicted molar refractivity (Wildman–Crippen MR) is 65.6 cm³/mol. The first-order valence-electron chi connectivity index (χ1n) is 4.53. The molecule has 0 aliphatic heterocycles. The molecule has 0 aromatic carbocycles. The minimum absolute atomic E-state index is 0.482. The zero-order chi connectivity index (χ0) is 11.5. The van der Waals surface area contributed by atoms with E-state index in [0.29, 0.717) is 11.0 Å². The molecule has 0 unspecified atom stereocenters. The van der Waals surface area contributed by atoms with Crippen LogP contribution < -0.4 is 5.73 Å². The molecule has 0 bridgehead atoms. The highest BCUT2D eigenvalue weighted by atomic mass is 32.2. The van der Waals surface area contributed by atoms with Crippen LogP contribution in [-0.2, 0) is 7.05 Å². The van der Waals surface area contributed by atoms with E-state index in [-0.39, 0.29) is 0 Å². The normalized spacial score (nSPS) is 10.6. The first-order chi connectivity index (χ1) is 7.69. The van der Waals surface area contributed by atoms with Crippen molar-refractivity contribution in [3.63, 3.8) is 0 Å². The molecule has 0 radical (unpaired) electrons. The fraction of sp³-hybridized carbons (Fsp3) is 0.222. The molecule has 2 aromatic rings. The summed E-state index contributed by atoms with van der Waals surface area (Å²) in [5.74, 6) is 0.482. The molecule has 2 N–H and O–H groups in total. The van der Waals surface area contributed by atoms with E-state index in [1.165, 1.54) is 23.5 Å². The lowest BCUT2D eigenvalue weighted by molar-refractivity contribution is 0.786. The zero-order valence-electron chi connectivity index (χ0n) is 8.91. The van der Waals surface area contributed by atoms with Crippen LogP contribution in [0.25, 0.3) is 0 Å². The van der Waals surface area contributed by atoms with Gasteiger partial charge in [-0.05, 0) is 18.0 Å². The van der Waals surface area contributed by atoms with Gasteiger partial charge < -0.3 is 10.3 Å². The monoisotopic (exact) mass is 253 g/mol. The van der Waals surface area contributed by atoms with Gasteiger partial charge in [0, 0.05) is 25.5 Å². The molecule has 2 heterocycles. The first-order valence-corrected chi connectivity index (χ1v) is 6.57. The van der Waals surface area contributed by atoms with E-state index in [1.54, 1.807) is 12.3 Å². The summed E-state index contributed by atoms with van der Waals surface area (Å²) >= 11 is 2.94. The summed E-state index contributed by atoms with van der Waals surface area (Å²) in [6, 6.07) is 1.75. The number of imidazole rings is 1. The molecule has 2 rings (SSSR count). The van der Waals surface area contributed by atoms with E-state index < -0.39 is 0 Å². The molecule has 0 aliphatic carbocycles. The van der Waals surface area contributed by atoms with Crippen LogP contribution in [0.2, 0.25) is 0 Å². The fourth-order valence-corrected chi connectivity index (χ4v) is 2.37. The average molecular weight is 253 g/mol. The topological polar surface area (TPSA) is 69.6 Å². The van der Waals surface area contributed by atoms with Gasteiger partial charge in [-0.2, -0.15) is 0 Å². The van der Waals surface area contributed by atoms with Crippen molar-refractivity contribution in [2.45, 2.75) is 15.3 Å². The average Bonchev–Trinajstić information content (AvgIpc) is 2.63. The molecule has 0 spiro atoms. The molecular formula is C9H11N5S2. The second kappa shape index (κ2) is 4.75. The van der Waals surface area contributed by atoms with Gasteiger partial charge in [0.25, 0.3) is 0 Å². The summed E-state index contributed by atoms with van der Waals surface area (Å²) in [6.45, 7) is 0. The minimum Gasteiger partial charge on any atom is -0.384 e. The highest BCUT2D eigenvalue weighted by Gasteiger charge is 2.06. The Bertz CT molecular complexity index is 496. The van der Waals surface area contributed by atoms with Gasteiger partial charge in [-0.1, -0.05) is 11.8 Å². The Hall–Kier alpha value is -1.21. The van der Waals surface area contributed by atoms with Crippen molar-refractivity contribution in [1.82, 2.24) is 19.5 Å². The summed E-state index contributed by atoms with van der Waals surface area (Å²) in [5.41, 5.74) is 5.70. The number of anilines is 1. The van der Waals surface area contributed by atoms with Crippen molar-refractivity contribution in [3.8, 4) is 0 Å². The van der Waals surface area contributed by atoms with Gasteiger partial charge >= 0.3 is 0 Å². The third-order valence-corrected chi connectivity index (χ3v) is 3.40. The number of nitrogens with two attached hydrogens (primary N) is 1. The summed E-state index contributed by atoms with van der Waals surface area (Å²) in [7, 11) is 1.94. The molecule has 84 valence electrons. The number of aromatic nitrogens is 4. The Morgan fingerprint density at radius 3 is 2.81 bits per heavy atom. The van der Waals surface area contributed by atoms with Crippen molar-refractivity contribution in [3.05, 3.63) is 18.5 Å². The van der Waals surface area contributed by atoms with Crippen LogP contribution in [0.1, 0.15) is 0 Å². The van der Waals surface area contributed by atoms with Crippen molar-refractivity contribution in [1.29, 1.82) is 0 Å². The fourth-order valence-electron chi connectivity index (χ4n) is 1.11. The molecule has 0 fully saturated rings. The number of nitrogens with zero attached hydrogens (tertiary/aromatic N) is 4. The van der Waals surface area contributed by atoms with Crippen molar-refractivity contribution in [2.75, 3.05) is 12.0 Å². The highest BCUT2D eigenvalue weighted by Crippen LogP contribution is 2.26. The van der Waals surface area contributed by atoms with Gasteiger partial charge in [0.15, 0.2) is 10.3 Å². The molecule has 0 atom stereocenters. The molecule has 2 aromatic heterocycles. The Kier molecular flexibility index (Phi) is 3.35. The van der Waals surface area contributed by atoms with Crippen LogP contribution in [0.15, 0.2) is 33.8 Å². The molecule has 0 aliphatic rings. The van der Waals surface area contributed by atoms with Crippen molar-refractivity contribution < 1.29 is 0 Å². The molecule has 0 amide bonds. The van der Waals surface area contributed by atoms with Crippen LogP contribution in [-0.4, -0.2) is 25.8 Å². The largest absolute Gasteiger partial charge is 0.384 e. The lowest BCUT2D eigenvalue weighted by Gasteiger charge is -2.03. The Balaban J connectivity index is 2.28. The van der Waals surface area contributed by atoms with Crippen LogP contribution in [0.4, 0.5) is 5.82 Å². The number of thioether (sulfide) groups is 1. The smallest absolute Gasteiger partial charge is 0.190 e. The van der Waals surface area contributed by atoms with Gasteiger partial charge in [0.05, 0.1) is 0 Å². The van der Waals surface area contributed by atoms with Crippen molar-refractivity contribution >= 4 is 29.3 Å². The SMILES string of the molecule is CSc1nc(N)cc(Sc2nccn2C)n1. The molecule has 0 saturated carbocycles. The standard InChI is InChI=1S/C9H11N5S2/c1-14-4-3-11-9(14)16-7-5-6(10)12-8(13-7)15-2/h3-5H,1-2H3,(H2,10,12,13). The van der Waals surface area contributed by atoms with Crippen LogP contribution in [0.3, 0.4) is 0 Å². The van der Waals surface area contributed by atoms with Gasteiger partial charge in [0.1, 0.15) is 10.8 Å². The number of hydrogen-bond acceptors (Lipinski definition) is 6. The second-order valence-electron chi connectivity index (χ2n) is 3.04. The van der Waals surface area contributed by atoms with Crippen LogP contribution in [0, 0.1) is 0 Å². The lowest BCUT2D eigenvalue weighted by Crippen LogP contribution is -1.96. The third-order valence-electron chi connectivity index (χ3n) is 1.86. The van der Waals surface area contributed by atoms with Gasteiger partial charge in [0.2, 0.25) is 0 Å². The summed E-state index contributed by atoms with van der Waals surface area (Å²) < 4.78 is 1.93. The highest BCUT2D eigenvalue weighted by molar-refractivity contribution is 7.99. The molecule has 16 heavy (non-hydrogen) atoms. The third kappa shape index (κ3) is 2.48. The minimum atomic E-state index is 0.482. The number of aryl methyl sites for hydroxylation is 1. The summed E-state index contributed by atoms with van der Waals surface area (Å²) in [4.78, 5) is 12.7. The number of hydrogen-bond donors (Lipinski definition) is 1. The quantitative estimate of drug-likeness (QED) is 0.510. The Morgan fingerprint density at radius 2 is 2.19 bits per heavy atom. The van der Waals surface area contributed by atoms with Gasteiger partial charge in [-0.3, -0.25) is 0 Å². The second-order valence-corrected chi connectivity index (χ2v) is 4.80. The van der Waals surface area contributed by atoms with E-state index in [1.807, 2.05) is 24.1 Å². The maximum absolute atomic E-state index is 5.70.